The molecule has 2 aliphatic rings. The number of aryl methyl sites for hydroxylation is 1. The van der Waals surface area contributed by atoms with Crippen LogP contribution in [-0.4, -0.2) is 5.78 Å². The first-order valence-electron chi connectivity index (χ1n) is 7.65. The van der Waals surface area contributed by atoms with E-state index in [4.69, 9.17) is 0 Å². The lowest BCUT2D eigenvalue weighted by Gasteiger charge is -2.29. The second-order valence-corrected chi connectivity index (χ2v) is 5.90. The number of Topliss-reactive ketones (excluding diaryl/α,β-unsaturated/α-hetero) is 1. The Balaban J connectivity index is 1.82. The van der Waals surface area contributed by atoms with Gasteiger partial charge >= 0.3 is 0 Å². The van der Waals surface area contributed by atoms with Crippen LogP contribution in [0.5, 0.6) is 0 Å². The Morgan fingerprint density at radius 3 is 2.84 bits per heavy atom. The van der Waals surface area contributed by atoms with Crippen LogP contribution in [0.2, 0.25) is 0 Å². The highest BCUT2D eigenvalue weighted by Gasteiger charge is 2.31. The molecular formula is C18H22O. The average Bonchev–Trinajstić information content (AvgIpc) is 2.40. The molecule has 100 valence electrons. The zero-order valence-electron chi connectivity index (χ0n) is 11.5. The van der Waals surface area contributed by atoms with E-state index in [1.807, 2.05) is 18.2 Å². The summed E-state index contributed by atoms with van der Waals surface area (Å²) in [7, 11) is 0. The van der Waals surface area contributed by atoms with E-state index in [1.165, 1.54) is 37.7 Å². The number of carbonyl (C=O) groups is 1. The van der Waals surface area contributed by atoms with Crippen LogP contribution in [0.4, 0.5) is 0 Å². The van der Waals surface area contributed by atoms with Gasteiger partial charge in [-0.15, -0.1) is 0 Å². The smallest absolute Gasteiger partial charge is 0.166 e. The molecule has 0 bridgehead atoms. The molecule has 0 saturated carbocycles. The Morgan fingerprint density at radius 2 is 1.89 bits per heavy atom. The lowest BCUT2D eigenvalue weighted by molar-refractivity contribution is 0.0862. The van der Waals surface area contributed by atoms with E-state index in [-0.39, 0.29) is 5.92 Å². The number of hydrogen-bond acceptors (Lipinski definition) is 1. The molecule has 1 aromatic rings. The monoisotopic (exact) mass is 254 g/mol. The maximum Gasteiger partial charge on any atom is 0.166 e. The van der Waals surface area contributed by atoms with Gasteiger partial charge < -0.3 is 0 Å². The number of rotatable bonds is 1. The number of fused-ring (bicyclic) bond motifs is 1. The summed E-state index contributed by atoms with van der Waals surface area (Å²) < 4.78 is 0. The van der Waals surface area contributed by atoms with Crippen molar-refractivity contribution in [3.8, 4) is 0 Å². The van der Waals surface area contributed by atoms with Gasteiger partial charge in [-0.25, -0.2) is 0 Å². The van der Waals surface area contributed by atoms with Crippen LogP contribution < -0.4 is 0 Å². The second-order valence-electron chi connectivity index (χ2n) is 5.90. The van der Waals surface area contributed by atoms with Crippen LogP contribution in [0.15, 0.2) is 36.4 Å². The fraction of sp³-hybridized carbons (Fsp3) is 0.500. The van der Waals surface area contributed by atoms with Crippen LogP contribution in [0.3, 0.4) is 0 Å². The predicted molar refractivity (Wildman–Crippen MR) is 78.3 cm³/mol. The molecule has 0 aromatic heterocycles. The van der Waals surface area contributed by atoms with Crippen LogP contribution in [0, 0.1) is 11.8 Å². The van der Waals surface area contributed by atoms with Crippen LogP contribution in [-0.2, 0) is 6.42 Å². The summed E-state index contributed by atoms with van der Waals surface area (Å²) in [5.74, 6) is 1.09. The van der Waals surface area contributed by atoms with Gasteiger partial charge in [0.05, 0.1) is 0 Å². The fourth-order valence-corrected chi connectivity index (χ4v) is 3.55. The normalized spacial score (nSPS) is 29.2. The van der Waals surface area contributed by atoms with Gasteiger partial charge in [-0.1, -0.05) is 49.3 Å². The van der Waals surface area contributed by atoms with Crippen molar-refractivity contribution in [1.29, 1.82) is 0 Å². The lowest BCUT2D eigenvalue weighted by Crippen LogP contribution is -2.28. The van der Waals surface area contributed by atoms with E-state index in [1.54, 1.807) is 0 Å². The van der Waals surface area contributed by atoms with Crippen LogP contribution in [0.25, 0.3) is 0 Å². The molecule has 2 atom stereocenters. The lowest BCUT2D eigenvalue weighted by atomic mass is 9.74. The largest absolute Gasteiger partial charge is 0.294 e. The maximum absolute atomic E-state index is 12.7. The molecule has 2 aliphatic carbocycles. The minimum atomic E-state index is 0.226. The molecular weight excluding hydrogens is 232 g/mol. The number of allylic oxidation sites excluding steroid dienone is 2. The quantitative estimate of drug-likeness (QED) is 0.671. The number of ketones is 1. The number of benzene rings is 1. The first kappa shape index (κ1) is 12.7. The van der Waals surface area contributed by atoms with Crippen molar-refractivity contribution in [3.63, 3.8) is 0 Å². The van der Waals surface area contributed by atoms with Crippen LogP contribution in [0.1, 0.15) is 54.4 Å². The summed E-state index contributed by atoms with van der Waals surface area (Å²) in [6, 6.07) is 8.16. The third-order valence-corrected chi connectivity index (χ3v) is 4.65. The van der Waals surface area contributed by atoms with E-state index in [2.05, 4.69) is 18.2 Å². The van der Waals surface area contributed by atoms with E-state index in [0.29, 0.717) is 11.7 Å². The molecule has 1 aromatic carbocycles. The van der Waals surface area contributed by atoms with E-state index < -0.39 is 0 Å². The highest BCUT2D eigenvalue weighted by Crippen LogP contribution is 2.34. The summed E-state index contributed by atoms with van der Waals surface area (Å²) in [6.45, 7) is 0. The van der Waals surface area contributed by atoms with Gasteiger partial charge in [0.25, 0.3) is 0 Å². The predicted octanol–water partition coefficient (Wildman–Crippen LogP) is 4.57. The van der Waals surface area contributed by atoms with Crippen molar-refractivity contribution in [2.75, 3.05) is 0 Å². The van der Waals surface area contributed by atoms with Crippen molar-refractivity contribution in [2.45, 2.75) is 44.9 Å². The highest BCUT2D eigenvalue weighted by atomic mass is 16.1. The highest BCUT2D eigenvalue weighted by molar-refractivity contribution is 6.00. The minimum absolute atomic E-state index is 0.226. The summed E-state index contributed by atoms with van der Waals surface area (Å²) in [5.41, 5.74) is 2.23. The summed E-state index contributed by atoms with van der Waals surface area (Å²) in [5, 5.41) is 0. The Labute approximate surface area is 115 Å². The molecule has 0 radical (unpaired) electrons. The average molecular weight is 254 g/mol. The molecule has 3 rings (SSSR count). The standard InChI is InChI=1S/C18H22O/c19-18-16-11-7-6-10-15(16)12-13-17(18)14-8-4-2-1-3-5-9-14/h4,6-8,10-11,14,17H,1-3,5,9,12-13H2/b8-4+. The van der Waals surface area contributed by atoms with Gasteiger partial charge in [0.1, 0.15) is 0 Å². The van der Waals surface area contributed by atoms with Crippen molar-refractivity contribution < 1.29 is 4.79 Å². The Morgan fingerprint density at radius 1 is 1.00 bits per heavy atom. The van der Waals surface area contributed by atoms with Gasteiger partial charge in [0.2, 0.25) is 0 Å². The Kier molecular flexibility index (Phi) is 3.82. The van der Waals surface area contributed by atoms with Gasteiger partial charge in [-0.2, -0.15) is 0 Å². The van der Waals surface area contributed by atoms with Gasteiger partial charge in [-0.05, 0) is 43.6 Å². The molecule has 0 fully saturated rings. The van der Waals surface area contributed by atoms with E-state index in [9.17, 15) is 4.79 Å². The third-order valence-electron chi connectivity index (χ3n) is 4.65. The van der Waals surface area contributed by atoms with Gasteiger partial charge in [-0.3, -0.25) is 4.79 Å². The molecule has 0 aliphatic heterocycles. The molecule has 0 spiro atoms. The molecule has 0 heterocycles. The zero-order valence-corrected chi connectivity index (χ0v) is 11.5. The maximum atomic E-state index is 12.7. The molecule has 2 unspecified atom stereocenters. The SMILES string of the molecule is O=C1c2ccccc2CCC1C1/C=C/CCCCC1. The van der Waals surface area contributed by atoms with Gasteiger partial charge in [0, 0.05) is 11.5 Å². The third kappa shape index (κ3) is 2.65. The number of hydrogen-bond donors (Lipinski definition) is 0. The van der Waals surface area contributed by atoms with E-state index >= 15 is 0 Å². The molecule has 19 heavy (non-hydrogen) atoms. The molecule has 0 N–H and O–H groups in total. The van der Waals surface area contributed by atoms with Crippen molar-refractivity contribution in [1.82, 2.24) is 0 Å². The summed E-state index contributed by atoms with van der Waals surface area (Å²) in [4.78, 5) is 12.7. The Hall–Kier alpha value is -1.37. The zero-order chi connectivity index (χ0) is 13.1. The van der Waals surface area contributed by atoms with Crippen molar-refractivity contribution >= 4 is 5.78 Å². The number of carbonyl (C=O) groups excluding carboxylic acids is 1. The Bertz CT molecular complexity index is 486. The molecule has 0 amide bonds. The van der Waals surface area contributed by atoms with Crippen molar-refractivity contribution in [2.24, 2.45) is 11.8 Å². The molecule has 1 heteroatoms. The second kappa shape index (κ2) is 5.73. The van der Waals surface area contributed by atoms with Gasteiger partial charge in [0.15, 0.2) is 5.78 Å². The van der Waals surface area contributed by atoms with Crippen LogP contribution >= 0.6 is 0 Å². The minimum Gasteiger partial charge on any atom is -0.294 e. The summed E-state index contributed by atoms with van der Waals surface area (Å²) in [6.07, 6.45) is 13.0. The topological polar surface area (TPSA) is 17.1 Å². The summed E-state index contributed by atoms with van der Waals surface area (Å²) >= 11 is 0. The first-order valence-corrected chi connectivity index (χ1v) is 7.65. The van der Waals surface area contributed by atoms with Crippen molar-refractivity contribution in [3.05, 3.63) is 47.5 Å². The van der Waals surface area contributed by atoms with E-state index in [0.717, 1.165) is 18.4 Å². The molecule has 1 nitrogen and oxygen atoms in total. The fourth-order valence-electron chi connectivity index (χ4n) is 3.55. The first-order chi connectivity index (χ1) is 9.36. The molecule has 0 saturated heterocycles.